The fourth-order valence-electron chi connectivity index (χ4n) is 7.22. The van der Waals surface area contributed by atoms with Crippen LogP contribution < -0.4 is 0 Å². The van der Waals surface area contributed by atoms with Crippen LogP contribution in [0.2, 0.25) is 0 Å². The molecular weight excluding hydrogens is 645 g/mol. The van der Waals surface area contributed by atoms with Gasteiger partial charge in [0.15, 0.2) is 17.5 Å². The summed E-state index contributed by atoms with van der Waals surface area (Å²) in [5, 5.41) is 6.30. The quantitative estimate of drug-likeness (QED) is 0.186. The zero-order valence-electron chi connectivity index (χ0n) is 31.7. The first-order valence-electron chi connectivity index (χ1n) is 19.0. The highest BCUT2D eigenvalue weighted by Gasteiger charge is 2.17. The Morgan fingerprint density at radius 2 is 1.02 bits per heavy atom. The van der Waals surface area contributed by atoms with E-state index in [-0.39, 0.29) is 23.5 Å². The van der Waals surface area contributed by atoms with Gasteiger partial charge in [0, 0.05) is 64.1 Å². The number of hydrogen-bond donors (Lipinski definition) is 0. The average molecular weight is 676 g/mol. The zero-order chi connectivity index (χ0) is 37.8. The maximum absolute atomic E-state index is 8.77. The van der Waals surface area contributed by atoms with Gasteiger partial charge < -0.3 is 8.98 Å². The summed E-state index contributed by atoms with van der Waals surface area (Å²) in [6, 6.07) is 40.8. The Kier molecular flexibility index (Phi) is 5.08. The lowest BCUT2D eigenvalue weighted by Gasteiger charge is -2.09. The molecule has 6 heteroatoms. The van der Waals surface area contributed by atoms with Crippen molar-refractivity contribution in [2.45, 2.75) is 0 Å². The molecule has 0 aliphatic rings. The highest BCUT2D eigenvalue weighted by Crippen LogP contribution is 2.38. The van der Waals surface area contributed by atoms with Gasteiger partial charge in [-0.2, -0.15) is 0 Å². The van der Waals surface area contributed by atoms with Crippen LogP contribution in [-0.2, 0) is 0 Å². The normalized spacial score (nSPS) is 13.3. The smallest absolute Gasteiger partial charge is 0.164 e. The maximum Gasteiger partial charge on any atom is 0.164 e. The van der Waals surface area contributed by atoms with E-state index in [2.05, 4.69) is 77.4 Å². The zero-order valence-corrected chi connectivity index (χ0v) is 27.5. The Balaban J connectivity index is 1.13. The monoisotopic (exact) mass is 675 g/mol. The lowest BCUT2D eigenvalue weighted by atomic mass is 10.1. The molecule has 11 aromatic rings. The highest BCUT2D eigenvalue weighted by atomic mass is 32.1. The summed E-state index contributed by atoms with van der Waals surface area (Å²) in [5.41, 5.74) is 5.90. The Hall–Kier alpha value is -6.63. The van der Waals surface area contributed by atoms with Crippen molar-refractivity contribution >= 4 is 75.3 Å². The molecule has 0 fully saturated rings. The predicted octanol–water partition coefficient (Wildman–Crippen LogP) is 12.2. The van der Waals surface area contributed by atoms with Gasteiger partial charge in [-0.05, 0) is 72.8 Å². The maximum atomic E-state index is 8.77. The molecule has 0 unspecified atom stereocenters. The SMILES string of the molecule is [2H]c1c([2H])c([2H])c(-c2nc(-c3ccc4oc5ccc(-n6c7ccccc7c7ccccc76)cc5c4c3)nc(-c3ccc4sc5ccccc5c4c3)n2)c([2H])c1[2H]. The van der Waals surface area contributed by atoms with E-state index in [4.69, 9.17) is 26.2 Å². The molecule has 0 aliphatic carbocycles. The molecule has 5 nitrogen and oxygen atoms in total. The van der Waals surface area contributed by atoms with Crippen LogP contribution in [0.3, 0.4) is 0 Å². The minimum atomic E-state index is -0.481. The summed E-state index contributed by atoms with van der Waals surface area (Å²) in [7, 11) is 0. The van der Waals surface area contributed by atoms with Gasteiger partial charge in [0.1, 0.15) is 11.2 Å². The third kappa shape index (κ3) is 4.43. The average Bonchev–Trinajstić information content (AvgIpc) is 3.91. The van der Waals surface area contributed by atoms with Crippen molar-refractivity contribution in [3.63, 3.8) is 0 Å². The van der Waals surface area contributed by atoms with Crippen LogP contribution >= 0.6 is 11.3 Å². The highest BCUT2D eigenvalue weighted by molar-refractivity contribution is 7.25. The van der Waals surface area contributed by atoms with Crippen molar-refractivity contribution in [3.8, 4) is 39.9 Å². The molecule has 7 aromatic carbocycles. The van der Waals surface area contributed by atoms with Gasteiger partial charge >= 0.3 is 0 Å². The number of furan rings is 1. The number of benzene rings is 7. The van der Waals surface area contributed by atoms with Crippen LogP contribution in [-0.4, -0.2) is 19.5 Å². The molecule has 238 valence electrons. The molecule has 0 spiro atoms. The molecule has 0 saturated carbocycles. The van der Waals surface area contributed by atoms with E-state index in [1.54, 1.807) is 11.3 Å². The second-order valence-corrected chi connectivity index (χ2v) is 13.6. The number of aromatic nitrogens is 4. The van der Waals surface area contributed by atoms with Crippen LogP contribution in [0.15, 0.2) is 162 Å². The van der Waals surface area contributed by atoms with Crippen molar-refractivity contribution in [3.05, 3.63) is 158 Å². The standard InChI is InChI=1S/C45H26N4OS/c1-2-10-27(11-3-1)43-46-44(48-45(47-43)29-19-23-42-36(25-29)33-14-6-9-17-41(33)51-42)28-18-21-39-34(24-28)35-26-30(20-22-40(35)50-39)49-37-15-7-4-12-31(37)32-13-5-8-16-38(32)49/h1-26H/i1D,2D,3D,10D,11D. The lowest BCUT2D eigenvalue weighted by Crippen LogP contribution is -2.00. The number of thiophene rings is 1. The minimum Gasteiger partial charge on any atom is -0.456 e. The summed E-state index contributed by atoms with van der Waals surface area (Å²) in [6.07, 6.45) is 0. The van der Waals surface area contributed by atoms with Crippen LogP contribution in [0, 0.1) is 0 Å². The van der Waals surface area contributed by atoms with Crippen molar-refractivity contribution in [2.75, 3.05) is 0 Å². The summed E-state index contributed by atoms with van der Waals surface area (Å²) in [5.74, 6) is 0.602. The minimum absolute atomic E-state index is 0.0110. The summed E-state index contributed by atoms with van der Waals surface area (Å²) in [4.78, 5) is 14.6. The van der Waals surface area contributed by atoms with Crippen molar-refractivity contribution in [1.29, 1.82) is 0 Å². The van der Waals surface area contributed by atoms with Crippen LogP contribution in [0.25, 0.3) is 104 Å². The van der Waals surface area contributed by atoms with E-state index < -0.39 is 18.1 Å². The first-order valence-corrected chi connectivity index (χ1v) is 17.3. The number of para-hydroxylation sites is 2. The molecule has 11 rings (SSSR count). The van der Waals surface area contributed by atoms with Gasteiger partial charge in [0.2, 0.25) is 0 Å². The van der Waals surface area contributed by atoms with Crippen molar-refractivity contribution in [1.82, 2.24) is 19.5 Å². The predicted molar refractivity (Wildman–Crippen MR) is 211 cm³/mol. The second kappa shape index (κ2) is 10.9. The number of fused-ring (bicyclic) bond motifs is 9. The van der Waals surface area contributed by atoms with Crippen molar-refractivity contribution in [2.24, 2.45) is 0 Å². The lowest BCUT2D eigenvalue weighted by molar-refractivity contribution is 0.669. The largest absolute Gasteiger partial charge is 0.456 e. The van der Waals surface area contributed by atoms with Gasteiger partial charge in [0.25, 0.3) is 0 Å². The van der Waals surface area contributed by atoms with E-state index in [0.717, 1.165) is 53.2 Å². The molecule has 0 atom stereocenters. The molecule has 51 heavy (non-hydrogen) atoms. The number of nitrogens with zero attached hydrogens (tertiary/aromatic N) is 4. The topological polar surface area (TPSA) is 56.7 Å². The first-order chi connectivity index (χ1) is 27.3. The Morgan fingerprint density at radius 3 is 1.75 bits per heavy atom. The van der Waals surface area contributed by atoms with E-state index >= 15 is 0 Å². The summed E-state index contributed by atoms with van der Waals surface area (Å²) in [6.45, 7) is 0. The summed E-state index contributed by atoms with van der Waals surface area (Å²) < 4.78 is 53.4. The molecule has 0 aliphatic heterocycles. The molecular formula is C45H26N4OS. The second-order valence-electron chi connectivity index (χ2n) is 12.5. The van der Waals surface area contributed by atoms with Gasteiger partial charge in [-0.3, -0.25) is 0 Å². The van der Waals surface area contributed by atoms with E-state index in [9.17, 15) is 0 Å². The van der Waals surface area contributed by atoms with E-state index in [0.29, 0.717) is 28.4 Å². The van der Waals surface area contributed by atoms with Gasteiger partial charge in [-0.1, -0.05) is 84.8 Å². The number of hydrogen-bond acceptors (Lipinski definition) is 5. The van der Waals surface area contributed by atoms with Gasteiger partial charge in [-0.25, -0.2) is 15.0 Å². The third-order valence-electron chi connectivity index (χ3n) is 9.54. The van der Waals surface area contributed by atoms with Crippen LogP contribution in [0.4, 0.5) is 0 Å². The molecule has 4 heterocycles. The van der Waals surface area contributed by atoms with E-state index in [1.165, 1.54) is 10.8 Å². The fourth-order valence-corrected chi connectivity index (χ4v) is 8.30. The molecule has 0 saturated heterocycles. The molecule has 4 aromatic heterocycles. The van der Waals surface area contributed by atoms with Crippen LogP contribution in [0.5, 0.6) is 0 Å². The van der Waals surface area contributed by atoms with Gasteiger partial charge in [-0.15, -0.1) is 11.3 Å². The molecule has 0 N–H and O–H groups in total. The Labute approximate surface area is 302 Å². The fraction of sp³-hybridized carbons (Fsp3) is 0. The first kappa shape index (κ1) is 23.7. The molecule has 0 amide bonds. The Morgan fingerprint density at radius 1 is 0.471 bits per heavy atom. The number of rotatable bonds is 4. The Bertz CT molecular complexity index is 3380. The summed E-state index contributed by atoms with van der Waals surface area (Å²) >= 11 is 1.71. The van der Waals surface area contributed by atoms with Gasteiger partial charge in [0.05, 0.1) is 17.9 Å². The van der Waals surface area contributed by atoms with Crippen molar-refractivity contribution < 1.29 is 11.3 Å². The van der Waals surface area contributed by atoms with E-state index in [1.807, 2.05) is 54.6 Å². The third-order valence-corrected chi connectivity index (χ3v) is 10.7. The molecule has 0 bridgehead atoms. The molecule has 0 radical (unpaired) electrons. The van der Waals surface area contributed by atoms with Crippen LogP contribution in [0.1, 0.15) is 6.85 Å².